The summed E-state index contributed by atoms with van der Waals surface area (Å²) < 4.78 is 18.8. The predicted octanol–water partition coefficient (Wildman–Crippen LogP) is 6.14. The number of furan rings is 1. The molecule has 0 saturated carbocycles. The van der Waals surface area contributed by atoms with E-state index in [9.17, 15) is 4.39 Å². The summed E-state index contributed by atoms with van der Waals surface area (Å²) in [5.74, 6) is -0.629. The van der Waals surface area contributed by atoms with Crippen LogP contribution in [-0.4, -0.2) is 0 Å². The van der Waals surface area contributed by atoms with E-state index in [1.807, 2.05) is 24.3 Å². The Morgan fingerprint density at radius 3 is 2.43 bits per heavy atom. The monoisotopic (exact) mass is 343 g/mol. The number of fused-ring (bicyclic) bond motifs is 1. The first-order valence-corrected chi connectivity index (χ1v) is 7.24. The average molecular weight is 345 g/mol. The van der Waals surface area contributed by atoms with Crippen LogP contribution in [0.2, 0.25) is 15.3 Å². The van der Waals surface area contributed by atoms with Gasteiger partial charge >= 0.3 is 0 Å². The van der Waals surface area contributed by atoms with Crippen LogP contribution < -0.4 is 5.32 Å². The highest BCUT2D eigenvalue weighted by molar-refractivity contribution is 6.35. The van der Waals surface area contributed by atoms with Gasteiger partial charge in [-0.05, 0) is 29.8 Å². The van der Waals surface area contributed by atoms with Crippen LogP contribution in [0, 0.1) is 5.82 Å². The summed E-state index contributed by atoms with van der Waals surface area (Å²) in [4.78, 5) is 0. The second kappa shape index (κ2) is 5.76. The number of nitrogens with one attached hydrogen (secondary N) is 1. The van der Waals surface area contributed by atoms with E-state index in [1.54, 1.807) is 0 Å². The van der Waals surface area contributed by atoms with Gasteiger partial charge in [0.25, 0.3) is 0 Å². The van der Waals surface area contributed by atoms with E-state index < -0.39 is 5.82 Å². The molecule has 0 atom stereocenters. The first-order chi connectivity index (χ1) is 10.1. The normalized spacial score (nSPS) is 11.0. The minimum atomic E-state index is -0.629. The van der Waals surface area contributed by atoms with Gasteiger partial charge in [0.15, 0.2) is 11.0 Å². The molecule has 1 heterocycles. The molecule has 1 aromatic heterocycles. The summed E-state index contributed by atoms with van der Waals surface area (Å²) in [6, 6.07) is 10.5. The SMILES string of the molecule is Fc1c(Cl)cc(NCc2c(Cl)oc3ccccc23)cc1Cl. The summed E-state index contributed by atoms with van der Waals surface area (Å²) in [5, 5.41) is 4.29. The number of anilines is 1. The van der Waals surface area contributed by atoms with Crippen LogP contribution in [0.5, 0.6) is 0 Å². The molecule has 6 heteroatoms. The molecule has 0 aliphatic rings. The van der Waals surface area contributed by atoms with E-state index in [0.717, 1.165) is 16.5 Å². The lowest BCUT2D eigenvalue weighted by molar-refractivity contribution is 0.613. The molecule has 21 heavy (non-hydrogen) atoms. The minimum Gasteiger partial charge on any atom is -0.444 e. The quantitative estimate of drug-likeness (QED) is 0.577. The molecule has 1 N–H and O–H groups in total. The van der Waals surface area contributed by atoms with Crippen LogP contribution in [0.1, 0.15) is 5.56 Å². The molecule has 2 aromatic carbocycles. The van der Waals surface area contributed by atoms with Gasteiger partial charge in [0.1, 0.15) is 5.58 Å². The maximum Gasteiger partial charge on any atom is 0.199 e. The number of hydrogen-bond acceptors (Lipinski definition) is 2. The lowest BCUT2D eigenvalue weighted by atomic mass is 10.2. The second-order valence-corrected chi connectivity index (χ2v) is 5.62. The molecule has 3 rings (SSSR count). The molecule has 108 valence electrons. The van der Waals surface area contributed by atoms with Gasteiger partial charge < -0.3 is 9.73 Å². The molecule has 0 fully saturated rings. The van der Waals surface area contributed by atoms with Gasteiger partial charge in [-0.1, -0.05) is 41.4 Å². The highest BCUT2D eigenvalue weighted by Crippen LogP contribution is 2.31. The molecular formula is C15H9Cl3FNO. The van der Waals surface area contributed by atoms with Crippen molar-refractivity contribution < 1.29 is 8.81 Å². The van der Waals surface area contributed by atoms with E-state index in [2.05, 4.69) is 5.32 Å². The fourth-order valence-corrected chi connectivity index (χ4v) is 2.82. The Kier molecular flexibility index (Phi) is 3.98. The lowest BCUT2D eigenvalue weighted by Crippen LogP contribution is -1.99. The van der Waals surface area contributed by atoms with Gasteiger partial charge in [-0.3, -0.25) is 0 Å². The smallest absolute Gasteiger partial charge is 0.199 e. The molecule has 2 nitrogen and oxygen atoms in total. The first-order valence-electron chi connectivity index (χ1n) is 6.10. The number of rotatable bonds is 3. The fraction of sp³-hybridized carbons (Fsp3) is 0.0667. The molecular weight excluding hydrogens is 336 g/mol. The molecule has 0 aliphatic heterocycles. The Morgan fingerprint density at radius 2 is 1.71 bits per heavy atom. The topological polar surface area (TPSA) is 25.2 Å². The molecule has 0 aliphatic carbocycles. The van der Waals surface area contributed by atoms with Crippen LogP contribution in [-0.2, 0) is 6.54 Å². The average Bonchev–Trinajstić information content (AvgIpc) is 2.78. The maximum atomic E-state index is 13.4. The van der Waals surface area contributed by atoms with E-state index in [0.29, 0.717) is 17.5 Å². The van der Waals surface area contributed by atoms with Crippen LogP contribution in [0.4, 0.5) is 10.1 Å². The summed E-state index contributed by atoms with van der Waals surface area (Å²) >= 11 is 17.6. The van der Waals surface area contributed by atoms with Crippen molar-refractivity contribution in [1.29, 1.82) is 0 Å². The number of para-hydroxylation sites is 1. The van der Waals surface area contributed by atoms with Gasteiger partial charge in [-0.2, -0.15) is 0 Å². The van der Waals surface area contributed by atoms with Crippen molar-refractivity contribution in [3.63, 3.8) is 0 Å². The lowest BCUT2D eigenvalue weighted by Gasteiger charge is -2.08. The zero-order valence-corrected chi connectivity index (χ0v) is 12.9. The Hall–Kier alpha value is -1.42. The van der Waals surface area contributed by atoms with Crippen molar-refractivity contribution >= 4 is 51.5 Å². The molecule has 3 aromatic rings. The molecule has 0 saturated heterocycles. The van der Waals surface area contributed by atoms with Crippen molar-refractivity contribution in [2.75, 3.05) is 5.32 Å². The third-order valence-electron chi connectivity index (χ3n) is 3.10. The fourth-order valence-electron chi connectivity index (χ4n) is 2.08. The largest absolute Gasteiger partial charge is 0.444 e. The van der Waals surface area contributed by atoms with E-state index in [1.165, 1.54) is 12.1 Å². The van der Waals surface area contributed by atoms with Crippen molar-refractivity contribution in [2.45, 2.75) is 6.54 Å². The highest BCUT2D eigenvalue weighted by atomic mass is 35.5. The van der Waals surface area contributed by atoms with Gasteiger partial charge in [0.05, 0.1) is 10.0 Å². The van der Waals surface area contributed by atoms with Crippen LogP contribution in [0.3, 0.4) is 0 Å². The van der Waals surface area contributed by atoms with E-state index in [4.69, 9.17) is 39.2 Å². The Bertz CT molecular complexity index is 793. The van der Waals surface area contributed by atoms with E-state index >= 15 is 0 Å². The zero-order valence-electron chi connectivity index (χ0n) is 10.6. The van der Waals surface area contributed by atoms with Crippen LogP contribution in [0.25, 0.3) is 11.0 Å². The van der Waals surface area contributed by atoms with Crippen molar-refractivity contribution in [3.05, 3.63) is 63.0 Å². The number of halogens is 4. The number of benzene rings is 2. The molecule has 0 spiro atoms. The van der Waals surface area contributed by atoms with E-state index in [-0.39, 0.29) is 10.0 Å². The summed E-state index contributed by atoms with van der Waals surface area (Å²) in [5.41, 5.74) is 2.14. The highest BCUT2D eigenvalue weighted by Gasteiger charge is 2.13. The Labute approximate surface area is 135 Å². The molecule has 0 bridgehead atoms. The van der Waals surface area contributed by atoms with Crippen LogP contribution >= 0.6 is 34.8 Å². The molecule has 0 amide bonds. The summed E-state index contributed by atoms with van der Waals surface area (Å²) in [6.45, 7) is 0.411. The summed E-state index contributed by atoms with van der Waals surface area (Å²) in [7, 11) is 0. The Balaban J connectivity index is 1.88. The van der Waals surface area contributed by atoms with Gasteiger partial charge in [-0.15, -0.1) is 0 Å². The minimum absolute atomic E-state index is 0.0341. The van der Waals surface area contributed by atoms with Gasteiger partial charge in [-0.25, -0.2) is 4.39 Å². The number of hydrogen-bond donors (Lipinski definition) is 1. The maximum absolute atomic E-state index is 13.4. The zero-order chi connectivity index (χ0) is 15.0. The summed E-state index contributed by atoms with van der Waals surface area (Å²) in [6.07, 6.45) is 0. The second-order valence-electron chi connectivity index (χ2n) is 4.46. The first kappa shape index (κ1) is 14.5. The predicted molar refractivity (Wildman–Crippen MR) is 85.0 cm³/mol. The van der Waals surface area contributed by atoms with Gasteiger partial charge in [0, 0.05) is 23.2 Å². The standard InChI is InChI=1S/C15H9Cl3FNO/c16-11-5-8(6-12(17)14(11)19)20-7-10-9-3-1-2-4-13(9)21-15(10)18/h1-6,20H,7H2. The Morgan fingerprint density at radius 1 is 1.05 bits per heavy atom. The van der Waals surface area contributed by atoms with Crippen molar-refractivity contribution in [1.82, 2.24) is 0 Å². The third-order valence-corrected chi connectivity index (χ3v) is 3.96. The van der Waals surface area contributed by atoms with Gasteiger partial charge in [0.2, 0.25) is 0 Å². The van der Waals surface area contributed by atoms with Crippen LogP contribution in [0.15, 0.2) is 40.8 Å². The van der Waals surface area contributed by atoms with Crippen molar-refractivity contribution in [3.8, 4) is 0 Å². The molecule has 0 radical (unpaired) electrons. The van der Waals surface area contributed by atoms with Crippen molar-refractivity contribution in [2.24, 2.45) is 0 Å². The third kappa shape index (κ3) is 2.82. The molecule has 0 unspecified atom stereocenters.